The molecule has 1 aromatic carbocycles. The van der Waals surface area contributed by atoms with Crippen molar-refractivity contribution >= 4 is 5.82 Å². The lowest BCUT2D eigenvalue weighted by Gasteiger charge is -2.11. The summed E-state index contributed by atoms with van der Waals surface area (Å²) in [7, 11) is 0. The third-order valence-corrected chi connectivity index (χ3v) is 2.87. The molecule has 0 spiro atoms. The lowest BCUT2D eigenvalue weighted by atomic mass is 10.2. The first-order chi connectivity index (χ1) is 9.65. The van der Waals surface area contributed by atoms with Crippen LogP contribution in [0.4, 0.5) is 5.82 Å². The number of hydrogen-bond acceptors (Lipinski definition) is 5. The third-order valence-electron chi connectivity index (χ3n) is 2.87. The van der Waals surface area contributed by atoms with E-state index in [-0.39, 0.29) is 0 Å². The minimum Gasteiger partial charge on any atom is -0.437 e. The van der Waals surface area contributed by atoms with E-state index in [1.54, 1.807) is 25.1 Å². The van der Waals surface area contributed by atoms with Crippen LogP contribution in [0.2, 0.25) is 0 Å². The number of para-hydroxylation sites is 1. The van der Waals surface area contributed by atoms with Crippen LogP contribution in [0.25, 0.3) is 0 Å². The van der Waals surface area contributed by atoms with Gasteiger partial charge in [0.05, 0.1) is 11.1 Å². The Morgan fingerprint density at radius 2 is 2.05 bits per heavy atom. The molecule has 0 saturated heterocycles. The zero-order valence-corrected chi connectivity index (χ0v) is 11.6. The monoisotopic (exact) mass is 268 g/mol. The summed E-state index contributed by atoms with van der Waals surface area (Å²) in [5.74, 6) is 1.94. The Labute approximate surface area is 118 Å². The molecule has 0 saturated carbocycles. The maximum Gasteiger partial charge on any atom is 0.227 e. The molecule has 1 aromatic heterocycles. The van der Waals surface area contributed by atoms with Crippen LogP contribution in [0.15, 0.2) is 24.3 Å². The molecule has 5 heteroatoms. The molecule has 1 heterocycles. The number of benzene rings is 1. The zero-order valence-electron chi connectivity index (χ0n) is 11.6. The fourth-order valence-electron chi connectivity index (χ4n) is 1.75. The highest BCUT2D eigenvalue weighted by Crippen LogP contribution is 2.28. The number of anilines is 1. The summed E-state index contributed by atoms with van der Waals surface area (Å²) in [6.07, 6.45) is 1.66. The van der Waals surface area contributed by atoms with Crippen LogP contribution < -0.4 is 10.5 Å². The second-order valence-electron chi connectivity index (χ2n) is 4.42. The third kappa shape index (κ3) is 2.86. The maximum absolute atomic E-state index is 9.07. The first kappa shape index (κ1) is 13.8. The van der Waals surface area contributed by atoms with Gasteiger partial charge in [-0.2, -0.15) is 10.2 Å². The van der Waals surface area contributed by atoms with Gasteiger partial charge in [0.1, 0.15) is 23.5 Å². The van der Waals surface area contributed by atoms with Gasteiger partial charge >= 0.3 is 0 Å². The van der Waals surface area contributed by atoms with E-state index in [1.165, 1.54) is 0 Å². The first-order valence-electron chi connectivity index (χ1n) is 6.45. The molecule has 0 unspecified atom stereocenters. The molecule has 0 aliphatic carbocycles. The van der Waals surface area contributed by atoms with Crippen molar-refractivity contribution < 1.29 is 4.74 Å². The van der Waals surface area contributed by atoms with E-state index in [2.05, 4.69) is 16.0 Å². The standard InChI is InChI=1S/C15H16N4O/c1-3-6-13-18-14(17)10(2)15(19-13)20-12-8-5-4-7-11(12)9-16/h4-5,7-8H,3,6H2,1-2H3,(H2,17,18,19). The van der Waals surface area contributed by atoms with E-state index in [0.717, 1.165) is 12.8 Å². The Bertz CT molecular complexity index is 661. The minimum absolute atomic E-state index is 0.406. The number of ether oxygens (including phenoxy) is 1. The molecule has 5 nitrogen and oxygen atoms in total. The van der Waals surface area contributed by atoms with Crippen molar-refractivity contribution in [2.24, 2.45) is 0 Å². The number of aryl methyl sites for hydroxylation is 1. The van der Waals surface area contributed by atoms with Crippen LogP contribution in [0.1, 0.15) is 30.3 Å². The van der Waals surface area contributed by atoms with E-state index in [0.29, 0.717) is 34.4 Å². The number of rotatable bonds is 4. The van der Waals surface area contributed by atoms with Gasteiger partial charge in [-0.25, -0.2) is 4.98 Å². The second kappa shape index (κ2) is 6.02. The van der Waals surface area contributed by atoms with Gasteiger partial charge in [0.15, 0.2) is 0 Å². The topological polar surface area (TPSA) is 84.8 Å². The van der Waals surface area contributed by atoms with Crippen molar-refractivity contribution in [1.82, 2.24) is 9.97 Å². The molecule has 102 valence electrons. The van der Waals surface area contributed by atoms with E-state index in [9.17, 15) is 0 Å². The molecule has 0 atom stereocenters. The van der Waals surface area contributed by atoms with Gasteiger partial charge in [0, 0.05) is 6.42 Å². The van der Waals surface area contributed by atoms with Gasteiger partial charge in [0.25, 0.3) is 0 Å². The summed E-state index contributed by atoms with van der Waals surface area (Å²) in [5, 5.41) is 9.07. The van der Waals surface area contributed by atoms with E-state index < -0.39 is 0 Å². The number of nitrogen functional groups attached to an aromatic ring is 1. The van der Waals surface area contributed by atoms with Crippen LogP contribution >= 0.6 is 0 Å². The van der Waals surface area contributed by atoms with Crippen LogP contribution in [0, 0.1) is 18.3 Å². The Hall–Kier alpha value is -2.61. The Kier molecular flexibility index (Phi) is 4.16. The fraction of sp³-hybridized carbons (Fsp3) is 0.267. The molecule has 2 aromatic rings. The van der Waals surface area contributed by atoms with Crippen LogP contribution in [-0.2, 0) is 6.42 Å². The van der Waals surface area contributed by atoms with E-state index in [1.807, 2.05) is 13.0 Å². The average molecular weight is 268 g/mol. The highest BCUT2D eigenvalue weighted by molar-refractivity contribution is 5.49. The summed E-state index contributed by atoms with van der Waals surface area (Å²) in [6.45, 7) is 3.85. The molecule has 0 fully saturated rings. The normalized spacial score (nSPS) is 10.1. The second-order valence-corrected chi connectivity index (χ2v) is 4.42. The van der Waals surface area contributed by atoms with Crippen LogP contribution in [-0.4, -0.2) is 9.97 Å². The lowest BCUT2D eigenvalue weighted by molar-refractivity contribution is 0.453. The number of aromatic nitrogens is 2. The van der Waals surface area contributed by atoms with Crippen molar-refractivity contribution in [2.45, 2.75) is 26.7 Å². The molecule has 0 aliphatic heterocycles. The largest absolute Gasteiger partial charge is 0.437 e. The first-order valence-corrected chi connectivity index (χ1v) is 6.45. The molecule has 20 heavy (non-hydrogen) atoms. The highest BCUT2D eigenvalue weighted by Gasteiger charge is 2.12. The van der Waals surface area contributed by atoms with Gasteiger partial charge in [-0.05, 0) is 25.5 Å². The predicted octanol–water partition coefficient (Wildman–Crippen LogP) is 2.98. The van der Waals surface area contributed by atoms with E-state index >= 15 is 0 Å². The minimum atomic E-state index is 0.406. The average Bonchev–Trinajstić information content (AvgIpc) is 2.45. The summed E-state index contributed by atoms with van der Waals surface area (Å²) in [4.78, 5) is 8.60. The van der Waals surface area contributed by atoms with Crippen LogP contribution in [0.3, 0.4) is 0 Å². The smallest absolute Gasteiger partial charge is 0.227 e. The summed E-state index contributed by atoms with van der Waals surface area (Å²) < 4.78 is 5.75. The quantitative estimate of drug-likeness (QED) is 0.921. The van der Waals surface area contributed by atoms with Crippen molar-refractivity contribution in [2.75, 3.05) is 5.73 Å². The Balaban J connectivity index is 2.40. The molecule has 2 rings (SSSR count). The van der Waals surface area contributed by atoms with Gasteiger partial charge in [0.2, 0.25) is 5.88 Å². The maximum atomic E-state index is 9.07. The SMILES string of the molecule is CCCc1nc(N)c(C)c(Oc2ccccc2C#N)n1. The number of nitrogens with zero attached hydrogens (tertiary/aromatic N) is 3. The molecular weight excluding hydrogens is 252 g/mol. The highest BCUT2D eigenvalue weighted by atomic mass is 16.5. The number of hydrogen-bond donors (Lipinski definition) is 1. The molecule has 0 bridgehead atoms. The van der Waals surface area contributed by atoms with E-state index in [4.69, 9.17) is 15.7 Å². The molecular formula is C15H16N4O. The van der Waals surface area contributed by atoms with Crippen LogP contribution in [0.5, 0.6) is 11.6 Å². The van der Waals surface area contributed by atoms with Crippen molar-refractivity contribution in [3.8, 4) is 17.7 Å². The molecule has 2 N–H and O–H groups in total. The molecule has 0 radical (unpaired) electrons. The molecule has 0 amide bonds. The number of nitriles is 1. The fourth-order valence-corrected chi connectivity index (χ4v) is 1.75. The van der Waals surface area contributed by atoms with Crippen molar-refractivity contribution in [1.29, 1.82) is 5.26 Å². The Morgan fingerprint density at radius 1 is 1.30 bits per heavy atom. The zero-order chi connectivity index (χ0) is 14.5. The number of nitrogens with two attached hydrogens (primary N) is 1. The van der Waals surface area contributed by atoms with Gasteiger partial charge in [-0.1, -0.05) is 19.1 Å². The summed E-state index contributed by atoms with van der Waals surface area (Å²) in [6, 6.07) is 9.11. The summed E-state index contributed by atoms with van der Waals surface area (Å²) >= 11 is 0. The van der Waals surface area contributed by atoms with Gasteiger partial charge < -0.3 is 10.5 Å². The van der Waals surface area contributed by atoms with Gasteiger partial charge in [-0.15, -0.1) is 0 Å². The molecule has 0 aliphatic rings. The van der Waals surface area contributed by atoms with Crippen molar-refractivity contribution in [3.05, 3.63) is 41.2 Å². The van der Waals surface area contributed by atoms with Crippen molar-refractivity contribution in [3.63, 3.8) is 0 Å². The van der Waals surface area contributed by atoms with Gasteiger partial charge in [-0.3, -0.25) is 0 Å². The Morgan fingerprint density at radius 3 is 2.75 bits per heavy atom. The lowest BCUT2D eigenvalue weighted by Crippen LogP contribution is -2.05. The summed E-state index contributed by atoms with van der Waals surface area (Å²) in [5.41, 5.74) is 7.02. The predicted molar refractivity (Wildman–Crippen MR) is 76.4 cm³/mol.